The van der Waals surface area contributed by atoms with Crippen LogP contribution in [0.15, 0.2) is 59.2 Å². The maximum absolute atomic E-state index is 14.2. The van der Waals surface area contributed by atoms with Gasteiger partial charge >= 0.3 is 0 Å². The van der Waals surface area contributed by atoms with E-state index in [4.69, 9.17) is 4.42 Å². The van der Waals surface area contributed by atoms with Gasteiger partial charge in [0.1, 0.15) is 17.4 Å². The summed E-state index contributed by atoms with van der Waals surface area (Å²) in [5.74, 6) is 1.56. The molecule has 0 spiro atoms. The number of likely N-dealkylation sites (N-methyl/N-ethyl adjacent to an activating group) is 1. The Balaban J connectivity index is 1.61. The number of rotatable bonds is 8. The van der Waals surface area contributed by atoms with Crippen molar-refractivity contribution in [2.24, 2.45) is 0 Å². The Morgan fingerprint density at radius 1 is 1.07 bits per heavy atom. The first kappa shape index (κ1) is 19.1. The van der Waals surface area contributed by atoms with E-state index in [0.29, 0.717) is 29.4 Å². The number of anilines is 1. The van der Waals surface area contributed by atoms with Gasteiger partial charge < -0.3 is 9.73 Å². The summed E-state index contributed by atoms with van der Waals surface area (Å²) in [4.78, 5) is 2.31. The van der Waals surface area contributed by atoms with Crippen molar-refractivity contribution in [3.05, 3.63) is 66.4 Å². The normalized spacial score (nSPS) is 12.6. The number of nitrogens with one attached hydrogen (secondary N) is 1. The van der Waals surface area contributed by atoms with E-state index >= 15 is 0 Å². The van der Waals surface area contributed by atoms with Crippen LogP contribution in [0.2, 0.25) is 0 Å². The number of fused-ring (bicyclic) bond motifs is 1. The molecule has 4 rings (SSSR count). The van der Waals surface area contributed by atoms with E-state index in [-0.39, 0.29) is 11.9 Å². The summed E-state index contributed by atoms with van der Waals surface area (Å²) in [7, 11) is 0. The molecule has 0 radical (unpaired) electrons. The zero-order valence-electron chi connectivity index (χ0n) is 16.4. The van der Waals surface area contributed by atoms with Gasteiger partial charge in [-0.25, -0.2) is 4.39 Å². The monoisotopic (exact) mass is 394 g/mol. The Kier molecular flexibility index (Phi) is 5.53. The van der Waals surface area contributed by atoms with E-state index in [1.807, 2.05) is 24.3 Å². The van der Waals surface area contributed by atoms with E-state index in [9.17, 15) is 4.39 Å². The largest absolute Gasteiger partial charge is 0.468 e. The molecule has 0 fully saturated rings. The molecule has 0 aliphatic carbocycles. The molecule has 7 nitrogen and oxygen atoms in total. The highest BCUT2D eigenvalue weighted by Crippen LogP contribution is 2.23. The van der Waals surface area contributed by atoms with E-state index in [0.717, 1.165) is 18.8 Å². The maximum atomic E-state index is 14.2. The summed E-state index contributed by atoms with van der Waals surface area (Å²) in [6.07, 6.45) is 1.69. The maximum Gasteiger partial charge on any atom is 0.188 e. The van der Waals surface area contributed by atoms with Crippen molar-refractivity contribution in [2.45, 2.75) is 19.9 Å². The first-order chi connectivity index (χ1) is 14.2. The third-order valence-electron chi connectivity index (χ3n) is 4.98. The summed E-state index contributed by atoms with van der Waals surface area (Å²) in [5.41, 5.74) is 0.918. The minimum Gasteiger partial charge on any atom is -0.468 e. The van der Waals surface area contributed by atoms with Gasteiger partial charge in [0, 0.05) is 6.54 Å². The molecule has 150 valence electrons. The molecular formula is C21H23FN6O. The molecule has 0 aliphatic heterocycles. The zero-order chi connectivity index (χ0) is 20.2. The van der Waals surface area contributed by atoms with Crippen molar-refractivity contribution in [2.75, 3.05) is 25.0 Å². The lowest BCUT2D eigenvalue weighted by Gasteiger charge is -2.28. The second kappa shape index (κ2) is 8.40. The van der Waals surface area contributed by atoms with Crippen molar-refractivity contribution in [3.63, 3.8) is 0 Å². The Hall–Kier alpha value is -3.26. The van der Waals surface area contributed by atoms with Gasteiger partial charge in [0.15, 0.2) is 11.5 Å². The number of furan rings is 1. The number of benzene rings is 1. The first-order valence-corrected chi connectivity index (χ1v) is 9.70. The highest BCUT2D eigenvalue weighted by atomic mass is 19.1. The Morgan fingerprint density at radius 2 is 1.90 bits per heavy atom. The fraction of sp³-hybridized carbons (Fsp3) is 0.286. The first-order valence-electron chi connectivity index (χ1n) is 9.70. The molecule has 3 aromatic heterocycles. The molecule has 1 N–H and O–H groups in total. The van der Waals surface area contributed by atoms with Crippen molar-refractivity contribution in [1.29, 1.82) is 0 Å². The predicted octanol–water partition coefficient (Wildman–Crippen LogP) is 4.02. The van der Waals surface area contributed by atoms with Crippen LogP contribution < -0.4 is 5.32 Å². The van der Waals surface area contributed by atoms with Gasteiger partial charge in [-0.1, -0.05) is 26.0 Å². The van der Waals surface area contributed by atoms with Gasteiger partial charge in [0.05, 0.1) is 17.9 Å². The molecule has 0 bridgehead atoms. The quantitative estimate of drug-likeness (QED) is 0.487. The Morgan fingerprint density at radius 3 is 2.62 bits per heavy atom. The van der Waals surface area contributed by atoms with Crippen LogP contribution in [0.25, 0.3) is 17.0 Å². The number of halogens is 1. The van der Waals surface area contributed by atoms with Gasteiger partial charge in [0.2, 0.25) is 0 Å². The summed E-state index contributed by atoms with van der Waals surface area (Å²) >= 11 is 0. The van der Waals surface area contributed by atoms with E-state index < -0.39 is 0 Å². The zero-order valence-corrected chi connectivity index (χ0v) is 16.4. The highest BCUT2D eigenvalue weighted by Gasteiger charge is 2.21. The fourth-order valence-corrected chi connectivity index (χ4v) is 3.45. The summed E-state index contributed by atoms with van der Waals surface area (Å²) in [6.45, 7) is 6.67. The van der Waals surface area contributed by atoms with Crippen LogP contribution in [0.4, 0.5) is 10.2 Å². The van der Waals surface area contributed by atoms with E-state index in [2.05, 4.69) is 39.4 Å². The third-order valence-corrected chi connectivity index (χ3v) is 4.98. The van der Waals surface area contributed by atoms with E-state index in [1.54, 1.807) is 29.0 Å². The van der Waals surface area contributed by atoms with Crippen LogP contribution in [0.5, 0.6) is 0 Å². The van der Waals surface area contributed by atoms with Gasteiger partial charge in [-0.3, -0.25) is 4.90 Å². The minimum atomic E-state index is -0.360. The van der Waals surface area contributed by atoms with E-state index in [1.165, 1.54) is 6.07 Å². The molecule has 0 amide bonds. The van der Waals surface area contributed by atoms with Crippen molar-refractivity contribution in [3.8, 4) is 11.4 Å². The summed E-state index contributed by atoms with van der Waals surface area (Å²) < 4.78 is 21.4. The van der Waals surface area contributed by atoms with Crippen molar-refractivity contribution in [1.82, 2.24) is 24.7 Å². The Bertz CT molecular complexity index is 1070. The lowest BCUT2D eigenvalue weighted by atomic mass is 10.2. The van der Waals surface area contributed by atoms with Crippen LogP contribution in [0, 0.1) is 5.82 Å². The standard InChI is InChI=1S/C21H23FN6O/c1-3-27(4-2)17(18-10-7-13-29-18)14-23-19-11-12-20-24-25-21(28(20)26-19)15-8-5-6-9-16(15)22/h5-13,17H,3-4,14H2,1-2H3,(H,23,26). The smallest absolute Gasteiger partial charge is 0.188 e. The Labute approximate surface area is 168 Å². The molecule has 1 unspecified atom stereocenters. The van der Waals surface area contributed by atoms with Crippen LogP contribution in [-0.4, -0.2) is 44.3 Å². The van der Waals surface area contributed by atoms with Crippen LogP contribution in [0.1, 0.15) is 25.6 Å². The predicted molar refractivity (Wildman–Crippen MR) is 109 cm³/mol. The SMILES string of the molecule is CCN(CC)C(CNc1ccc2nnc(-c3ccccc3F)n2n1)c1ccco1. The summed E-state index contributed by atoms with van der Waals surface area (Å²) in [6, 6.07) is 14.1. The molecule has 29 heavy (non-hydrogen) atoms. The molecule has 0 aliphatic rings. The van der Waals surface area contributed by atoms with Crippen molar-refractivity contribution >= 4 is 11.5 Å². The highest BCUT2D eigenvalue weighted by molar-refractivity contribution is 5.60. The van der Waals surface area contributed by atoms with Gasteiger partial charge in [0.25, 0.3) is 0 Å². The lowest BCUT2D eigenvalue weighted by Crippen LogP contribution is -2.33. The molecule has 8 heteroatoms. The second-order valence-electron chi connectivity index (χ2n) is 6.63. The van der Waals surface area contributed by atoms with Crippen LogP contribution >= 0.6 is 0 Å². The number of nitrogens with zero attached hydrogens (tertiary/aromatic N) is 5. The molecule has 4 aromatic rings. The number of hydrogen-bond acceptors (Lipinski definition) is 6. The van der Waals surface area contributed by atoms with Crippen LogP contribution in [0.3, 0.4) is 0 Å². The van der Waals surface area contributed by atoms with Crippen LogP contribution in [-0.2, 0) is 0 Å². The minimum absolute atomic E-state index is 0.0736. The number of aromatic nitrogens is 4. The van der Waals surface area contributed by atoms with Gasteiger partial charge in [-0.2, -0.15) is 4.52 Å². The molecular weight excluding hydrogens is 371 g/mol. The van der Waals surface area contributed by atoms with Gasteiger partial charge in [-0.05, 0) is 49.5 Å². The van der Waals surface area contributed by atoms with Gasteiger partial charge in [-0.15, -0.1) is 15.3 Å². The average Bonchev–Trinajstić information content (AvgIpc) is 3.41. The molecule has 1 atom stereocenters. The average molecular weight is 394 g/mol. The lowest BCUT2D eigenvalue weighted by molar-refractivity contribution is 0.201. The van der Waals surface area contributed by atoms with Crippen molar-refractivity contribution < 1.29 is 8.81 Å². The molecule has 0 saturated heterocycles. The third kappa shape index (κ3) is 3.84. The molecule has 3 heterocycles. The molecule has 0 saturated carbocycles. The number of hydrogen-bond donors (Lipinski definition) is 1. The second-order valence-corrected chi connectivity index (χ2v) is 6.63. The molecule has 1 aromatic carbocycles. The topological polar surface area (TPSA) is 71.5 Å². The fourth-order valence-electron chi connectivity index (χ4n) is 3.45. The summed E-state index contributed by atoms with van der Waals surface area (Å²) in [5, 5.41) is 16.2.